The Balaban J connectivity index is 2.70. The van der Waals surface area contributed by atoms with Crippen molar-refractivity contribution in [2.45, 2.75) is 26.7 Å². The molecule has 0 aliphatic carbocycles. The highest BCUT2D eigenvalue weighted by Gasteiger charge is 2.06. The van der Waals surface area contributed by atoms with Crippen LogP contribution in [0.1, 0.15) is 25.1 Å². The van der Waals surface area contributed by atoms with Crippen molar-refractivity contribution in [3.8, 4) is 0 Å². The van der Waals surface area contributed by atoms with E-state index >= 15 is 0 Å². The van der Waals surface area contributed by atoms with Gasteiger partial charge in [0, 0.05) is 12.4 Å². The zero-order chi connectivity index (χ0) is 10.1. The predicted octanol–water partition coefficient (Wildman–Crippen LogP) is 2.70. The van der Waals surface area contributed by atoms with Gasteiger partial charge in [0.25, 0.3) is 0 Å². The molecule has 1 heterocycles. The van der Waals surface area contributed by atoms with Gasteiger partial charge in [0.15, 0.2) is 0 Å². The summed E-state index contributed by atoms with van der Waals surface area (Å²) in [6, 6.07) is 6.63. The van der Waals surface area contributed by atoms with E-state index in [4.69, 9.17) is 0 Å². The lowest BCUT2D eigenvalue weighted by Gasteiger charge is -1.98. The first-order chi connectivity index (χ1) is 6.76. The summed E-state index contributed by atoms with van der Waals surface area (Å²) in [5.41, 5.74) is 3.83. The van der Waals surface area contributed by atoms with E-state index in [-0.39, 0.29) is 0 Å². The van der Waals surface area contributed by atoms with Crippen molar-refractivity contribution in [3.63, 3.8) is 0 Å². The summed E-state index contributed by atoms with van der Waals surface area (Å²) < 4.78 is 1.98. The molecule has 2 nitrogen and oxygen atoms in total. The number of fused-ring (bicyclic) bond motifs is 1. The van der Waals surface area contributed by atoms with Crippen molar-refractivity contribution in [2.24, 2.45) is 7.05 Å². The molecule has 2 aromatic rings. The third kappa shape index (κ3) is 1.31. The van der Waals surface area contributed by atoms with Gasteiger partial charge in [-0.3, -0.25) is 4.68 Å². The Bertz CT molecular complexity index is 455. The third-order valence-electron chi connectivity index (χ3n) is 2.74. The number of aryl methyl sites for hydroxylation is 3. The van der Waals surface area contributed by atoms with Crippen molar-refractivity contribution in [1.82, 2.24) is 9.78 Å². The molecule has 0 spiro atoms. The van der Waals surface area contributed by atoms with Crippen molar-refractivity contribution in [1.29, 1.82) is 0 Å². The van der Waals surface area contributed by atoms with Crippen LogP contribution in [-0.4, -0.2) is 9.78 Å². The molecule has 0 aliphatic heterocycles. The second-order valence-corrected chi connectivity index (χ2v) is 3.63. The fourth-order valence-electron chi connectivity index (χ4n) is 1.86. The maximum absolute atomic E-state index is 4.50. The molecule has 0 fully saturated rings. The van der Waals surface area contributed by atoms with Gasteiger partial charge in [-0.1, -0.05) is 26.0 Å². The summed E-state index contributed by atoms with van der Waals surface area (Å²) >= 11 is 0. The first-order valence-electron chi connectivity index (χ1n) is 5.20. The highest BCUT2D eigenvalue weighted by molar-refractivity contribution is 5.82. The van der Waals surface area contributed by atoms with Crippen molar-refractivity contribution in [2.75, 3.05) is 0 Å². The van der Waals surface area contributed by atoms with Gasteiger partial charge in [0.05, 0.1) is 11.2 Å². The minimum atomic E-state index is 1.00. The molecule has 0 amide bonds. The molecule has 0 atom stereocenters. The van der Waals surface area contributed by atoms with Crippen LogP contribution in [0.2, 0.25) is 0 Å². The minimum Gasteiger partial charge on any atom is -0.268 e. The molecule has 0 saturated heterocycles. The van der Waals surface area contributed by atoms with Crippen LogP contribution in [0.15, 0.2) is 18.2 Å². The van der Waals surface area contributed by atoms with Crippen LogP contribution in [0.5, 0.6) is 0 Å². The zero-order valence-electron chi connectivity index (χ0n) is 9.04. The Kier molecular flexibility index (Phi) is 2.28. The molecule has 0 unspecified atom stereocenters. The molecule has 1 aromatic carbocycles. The summed E-state index contributed by atoms with van der Waals surface area (Å²) in [4.78, 5) is 0. The lowest BCUT2D eigenvalue weighted by atomic mass is 10.1. The maximum atomic E-state index is 4.50. The van der Waals surface area contributed by atoms with Crippen LogP contribution in [0.4, 0.5) is 0 Å². The number of aromatic nitrogens is 2. The number of hydrogen-bond donors (Lipinski definition) is 0. The number of nitrogens with zero attached hydrogens (tertiary/aromatic N) is 2. The SMILES string of the molecule is CCc1ccc2c(CC)nn(C)c2c1. The molecular formula is C12H16N2. The molecule has 0 saturated carbocycles. The van der Waals surface area contributed by atoms with Crippen molar-refractivity contribution >= 4 is 10.9 Å². The van der Waals surface area contributed by atoms with E-state index in [2.05, 4.69) is 37.1 Å². The highest BCUT2D eigenvalue weighted by atomic mass is 15.3. The quantitative estimate of drug-likeness (QED) is 0.708. The zero-order valence-corrected chi connectivity index (χ0v) is 9.04. The van der Waals surface area contributed by atoms with Crippen LogP contribution in [-0.2, 0) is 19.9 Å². The predicted molar refractivity (Wildman–Crippen MR) is 59.5 cm³/mol. The molecular weight excluding hydrogens is 172 g/mol. The Labute approximate surface area is 84.5 Å². The molecule has 74 valence electrons. The fourth-order valence-corrected chi connectivity index (χ4v) is 1.86. The summed E-state index contributed by atoms with van der Waals surface area (Å²) in [5, 5.41) is 5.80. The number of benzene rings is 1. The van der Waals surface area contributed by atoms with E-state index < -0.39 is 0 Å². The molecule has 1 aromatic heterocycles. The lowest BCUT2D eigenvalue weighted by Crippen LogP contribution is -1.91. The van der Waals surface area contributed by atoms with Gasteiger partial charge in [-0.15, -0.1) is 0 Å². The van der Waals surface area contributed by atoms with Gasteiger partial charge < -0.3 is 0 Å². The van der Waals surface area contributed by atoms with Crippen molar-refractivity contribution in [3.05, 3.63) is 29.5 Å². The van der Waals surface area contributed by atoms with Crippen LogP contribution in [0.25, 0.3) is 10.9 Å². The Hall–Kier alpha value is -1.31. The van der Waals surface area contributed by atoms with Gasteiger partial charge in [0.1, 0.15) is 0 Å². The van der Waals surface area contributed by atoms with E-state index in [9.17, 15) is 0 Å². The van der Waals surface area contributed by atoms with Gasteiger partial charge in [-0.05, 0) is 24.5 Å². The Morgan fingerprint density at radius 2 is 2.00 bits per heavy atom. The van der Waals surface area contributed by atoms with E-state index in [0.717, 1.165) is 12.8 Å². The summed E-state index contributed by atoms with van der Waals surface area (Å²) in [6.07, 6.45) is 2.09. The maximum Gasteiger partial charge on any atom is 0.0700 e. The Morgan fingerprint density at radius 1 is 1.21 bits per heavy atom. The first kappa shape index (κ1) is 9.25. The van der Waals surface area contributed by atoms with Crippen molar-refractivity contribution < 1.29 is 0 Å². The van der Waals surface area contributed by atoms with Crippen LogP contribution >= 0.6 is 0 Å². The van der Waals surface area contributed by atoms with Gasteiger partial charge >= 0.3 is 0 Å². The largest absolute Gasteiger partial charge is 0.268 e. The molecule has 14 heavy (non-hydrogen) atoms. The van der Waals surface area contributed by atoms with E-state index in [0.29, 0.717) is 0 Å². The third-order valence-corrected chi connectivity index (χ3v) is 2.74. The average molecular weight is 188 g/mol. The Morgan fingerprint density at radius 3 is 2.64 bits per heavy atom. The molecule has 2 rings (SSSR count). The molecule has 0 N–H and O–H groups in total. The van der Waals surface area contributed by atoms with Crippen LogP contribution in [0.3, 0.4) is 0 Å². The summed E-state index contributed by atoms with van der Waals surface area (Å²) in [7, 11) is 2.01. The topological polar surface area (TPSA) is 17.8 Å². The van der Waals surface area contributed by atoms with E-state index in [1.54, 1.807) is 0 Å². The smallest absolute Gasteiger partial charge is 0.0700 e. The first-order valence-corrected chi connectivity index (χ1v) is 5.20. The second-order valence-electron chi connectivity index (χ2n) is 3.63. The molecule has 0 radical (unpaired) electrons. The minimum absolute atomic E-state index is 1.00. The van der Waals surface area contributed by atoms with Gasteiger partial charge in [0.2, 0.25) is 0 Å². The molecule has 2 heteroatoms. The number of rotatable bonds is 2. The monoisotopic (exact) mass is 188 g/mol. The van der Waals surface area contributed by atoms with E-state index in [1.807, 2.05) is 11.7 Å². The van der Waals surface area contributed by atoms with E-state index in [1.165, 1.54) is 22.2 Å². The van der Waals surface area contributed by atoms with Crippen LogP contribution < -0.4 is 0 Å². The highest BCUT2D eigenvalue weighted by Crippen LogP contribution is 2.20. The van der Waals surface area contributed by atoms with Crippen LogP contribution in [0, 0.1) is 0 Å². The summed E-state index contributed by atoms with van der Waals surface area (Å²) in [5.74, 6) is 0. The van der Waals surface area contributed by atoms with Gasteiger partial charge in [-0.25, -0.2) is 0 Å². The standard InChI is InChI=1S/C12H16N2/c1-4-9-6-7-10-11(5-2)13-14(3)12(10)8-9/h6-8H,4-5H2,1-3H3. The van der Waals surface area contributed by atoms with Gasteiger partial charge in [-0.2, -0.15) is 5.10 Å². The molecule has 0 aliphatic rings. The normalized spacial score (nSPS) is 11.1. The second kappa shape index (κ2) is 3.45. The lowest BCUT2D eigenvalue weighted by molar-refractivity contribution is 0.769. The summed E-state index contributed by atoms with van der Waals surface area (Å²) in [6.45, 7) is 4.33. The molecule has 0 bridgehead atoms. The average Bonchev–Trinajstić information content (AvgIpc) is 2.55. The fraction of sp³-hybridized carbons (Fsp3) is 0.417. The number of hydrogen-bond acceptors (Lipinski definition) is 1.